The zero-order valence-corrected chi connectivity index (χ0v) is 12.6. The molecule has 1 unspecified atom stereocenters. The lowest BCUT2D eigenvalue weighted by molar-refractivity contribution is 0.263. The van der Waals surface area contributed by atoms with Gasteiger partial charge in [-0.2, -0.15) is 0 Å². The third-order valence-electron chi connectivity index (χ3n) is 4.12. The highest BCUT2D eigenvalue weighted by Gasteiger charge is 2.23. The molecule has 1 aromatic carbocycles. The maximum atomic E-state index is 9.07. The second-order valence-corrected chi connectivity index (χ2v) is 5.96. The van der Waals surface area contributed by atoms with E-state index in [9.17, 15) is 0 Å². The van der Waals surface area contributed by atoms with E-state index in [1.807, 2.05) is 30.3 Å². The topological polar surface area (TPSA) is 62.4 Å². The van der Waals surface area contributed by atoms with E-state index in [0.29, 0.717) is 10.9 Å². The Hall–Kier alpha value is -1.72. The summed E-state index contributed by atoms with van der Waals surface area (Å²) in [5, 5.41) is 10.1. The number of anilines is 1. The quantitative estimate of drug-likeness (QED) is 0.847. The highest BCUT2D eigenvalue weighted by atomic mass is 32.1. The first-order valence-electron chi connectivity index (χ1n) is 7.24. The van der Waals surface area contributed by atoms with Gasteiger partial charge < -0.3 is 15.7 Å². The molecule has 0 spiro atoms. The van der Waals surface area contributed by atoms with E-state index < -0.39 is 0 Å². The van der Waals surface area contributed by atoms with Gasteiger partial charge in [0.15, 0.2) is 0 Å². The number of thiocarbonyl (C=S) groups is 1. The molecule has 21 heavy (non-hydrogen) atoms. The highest BCUT2D eigenvalue weighted by molar-refractivity contribution is 7.80. The van der Waals surface area contributed by atoms with Crippen molar-refractivity contribution in [3.05, 3.63) is 35.9 Å². The van der Waals surface area contributed by atoms with Crippen molar-refractivity contribution < 1.29 is 5.11 Å². The molecule has 0 bridgehead atoms. The molecule has 1 aliphatic rings. The van der Waals surface area contributed by atoms with Crippen LogP contribution in [0.5, 0.6) is 0 Å². The van der Waals surface area contributed by atoms with Crippen LogP contribution in [0.2, 0.25) is 0 Å². The number of hydrogen-bond donors (Lipinski definition) is 2. The number of hydrogen-bond acceptors (Lipinski definition) is 4. The molecule has 5 heteroatoms. The Balaban J connectivity index is 1.98. The van der Waals surface area contributed by atoms with Crippen molar-refractivity contribution in [2.75, 3.05) is 24.6 Å². The van der Waals surface area contributed by atoms with Crippen LogP contribution in [-0.2, 0) is 0 Å². The zero-order valence-electron chi connectivity index (χ0n) is 11.8. The molecule has 4 nitrogen and oxygen atoms in total. The van der Waals surface area contributed by atoms with Crippen molar-refractivity contribution in [3.8, 4) is 0 Å². The summed E-state index contributed by atoms with van der Waals surface area (Å²) in [7, 11) is 0. The Morgan fingerprint density at radius 2 is 2.24 bits per heavy atom. The number of nitrogens with zero attached hydrogens (tertiary/aromatic N) is 2. The van der Waals surface area contributed by atoms with Gasteiger partial charge in [0.05, 0.1) is 5.52 Å². The van der Waals surface area contributed by atoms with E-state index >= 15 is 0 Å². The minimum Gasteiger partial charge on any atom is -0.396 e. The molecule has 1 atom stereocenters. The normalized spacial score (nSPS) is 18.3. The number of fused-ring (bicyclic) bond motifs is 1. The van der Waals surface area contributed by atoms with E-state index in [-0.39, 0.29) is 6.61 Å². The number of pyridine rings is 1. The lowest BCUT2D eigenvalue weighted by Crippen LogP contribution is -2.22. The van der Waals surface area contributed by atoms with Gasteiger partial charge in [-0.1, -0.05) is 30.4 Å². The first kappa shape index (κ1) is 14.2. The van der Waals surface area contributed by atoms with E-state index in [0.717, 1.165) is 48.2 Å². The molecule has 0 saturated carbocycles. The fraction of sp³-hybridized carbons (Fsp3) is 0.375. The van der Waals surface area contributed by atoms with Gasteiger partial charge in [0.25, 0.3) is 0 Å². The van der Waals surface area contributed by atoms with Crippen molar-refractivity contribution in [2.24, 2.45) is 11.7 Å². The Morgan fingerprint density at radius 3 is 3.00 bits per heavy atom. The van der Waals surface area contributed by atoms with Gasteiger partial charge in [0, 0.05) is 30.6 Å². The summed E-state index contributed by atoms with van der Waals surface area (Å²) in [6, 6.07) is 9.92. The smallest absolute Gasteiger partial charge is 0.129 e. The molecule has 1 fully saturated rings. The van der Waals surface area contributed by atoms with Gasteiger partial charge in [-0.15, -0.1) is 0 Å². The van der Waals surface area contributed by atoms with Crippen molar-refractivity contribution in [2.45, 2.75) is 12.8 Å². The molecule has 1 saturated heterocycles. The van der Waals surface area contributed by atoms with Crippen molar-refractivity contribution in [3.63, 3.8) is 0 Å². The predicted octanol–water partition coefficient (Wildman–Crippen LogP) is 2.08. The number of aliphatic hydroxyl groups is 1. The Morgan fingerprint density at radius 1 is 1.43 bits per heavy atom. The van der Waals surface area contributed by atoms with Crippen LogP contribution in [0.4, 0.5) is 5.82 Å². The van der Waals surface area contributed by atoms with Crippen LogP contribution in [0, 0.1) is 5.92 Å². The van der Waals surface area contributed by atoms with E-state index in [1.165, 1.54) is 0 Å². The van der Waals surface area contributed by atoms with Gasteiger partial charge in [0.1, 0.15) is 10.8 Å². The van der Waals surface area contributed by atoms with Crippen molar-refractivity contribution >= 4 is 33.9 Å². The second-order valence-electron chi connectivity index (χ2n) is 5.52. The number of nitrogens with two attached hydrogens (primary N) is 1. The third-order valence-corrected chi connectivity index (χ3v) is 4.34. The van der Waals surface area contributed by atoms with E-state index in [1.54, 1.807) is 0 Å². The third kappa shape index (κ3) is 2.84. The van der Waals surface area contributed by atoms with Gasteiger partial charge in [-0.25, -0.2) is 4.98 Å². The van der Waals surface area contributed by atoms with Crippen molar-refractivity contribution in [1.29, 1.82) is 0 Å². The lowest BCUT2D eigenvalue weighted by atomic mass is 10.1. The average molecular weight is 301 g/mol. The number of aliphatic hydroxyl groups excluding tert-OH is 1. The molecule has 0 amide bonds. The fourth-order valence-electron chi connectivity index (χ4n) is 2.99. The summed E-state index contributed by atoms with van der Waals surface area (Å²) >= 11 is 5.19. The van der Waals surface area contributed by atoms with Crippen molar-refractivity contribution in [1.82, 2.24) is 4.98 Å². The fourth-order valence-corrected chi connectivity index (χ4v) is 3.16. The molecule has 110 valence electrons. The van der Waals surface area contributed by atoms with Crippen LogP contribution >= 0.6 is 12.2 Å². The molecule has 1 aliphatic heterocycles. The van der Waals surface area contributed by atoms with Gasteiger partial charge in [-0.3, -0.25) is 0 Å². The highest BCUT2D eigenvalue weighted by Crippen LogP contribution is 2.28. The summed E-state index contributed by atoms with van der Waals surface area (Å²) in [4.78, 5) is 7.41. The molecule has 0 aliphatic carbocycles. The zero-order chi connectivity index (χ0) is 14.8. The molecule has 3 rings (SSSR count). The maximum absolute atomic E-state index is 9.07. The van der Waals surface area contributed by atoms with Crippen LogP contribution in [0.15, 0.2) is 30.3 Å². The van der Waals surface area contributed by atoms with Crippen LogP contribution in [0.3, 0.4) is 0 Å². The Labute approximate surface area is 129 Å². The minimum absolute atomic E-state index is 0.252. The van der Waals surface area contributed by atoms with Gasteiger partial charge in [-0.05, 0) is 30.9 Å². The summed E-state index contributed by atoms with van der Waals surface area (Å²) in [6.45, 7) is 2.15. The summed E-state index contributed by atoms with van der Waals surface area (Å²) < 4.78 is 0. The first-order valence-corrected chi connectivity index (χ1v) is 7.65. The summed E-state index contributed by atoms with van der Waals surface area (Å²) in [5.74, 6) is 1.47. The maximum Gasteiger partial charge on any atom is 0.129 e. The number of rotatable bonds is 4. The largest absolute Gasteiger partial charge is 0.396 e. The molecule has 3 N–H and O–H groups in total. The number of para-hydroxylation sites is 1. The van der Waals surface area contributed by atoms with Crippen LogP contribution in [-0.4, -0.2) is 34.8 Å². The summed E-state index contributed by atoms with van der Waals surface area (Å²) in [6.07, 6.45) is 1.95. The van der Waals surface area contributed by atoms with Crippen LogP contribution < -0.4 is 10.6 Å². The van der Waals surface area contributed by atoms with Crippen LogP contribution in [0.1, 0.15) is 18.4 Å². The number of aromatic nitrogens is 1. The van der Waals surface area contributed by atoms with E-state index in [4.69, 9.17) is 28.0 Å². The van der Waals surface area contributed by atoms with Gasteiger partial charge in [0.2, 0.25) is 0 Å². The average Bonchev–Trinajstić information content (AvgIpc) is 2.95. The van der Waals surface area contributed by atoms with Crippen LogP contribution in [0.25, 0.3) is 10.9 Å². The predicted molar refractivity (Wildman–Crippen MR) is 89.7 cm³/mol. The molecule has 2 aromatic rings. The Bertz CT molecular complexity index is 674. The van der Waals surface area contributed by atoms with Gasteiger partial charge >= 0.3 is 0 Å². The molecule has 2 heterocycles. The minimum atomic E-state index is 0.252. The summed E-state index contributed by atoms with van der Waals surface area (Å²) in [5.41, 5.74) is 7.68. The Kier molecular flexibility index (Phi) is 4.03. The molecular weight excluding hydrogens is 282 g/mol. The standard InChI is InChI=1S/C16H19N3OS/c17-16(21)13-9-15(18-14-4-2-1-3-12(13)14)19-7-5-11(10-19)6-8-20/h1-4,9,11,20H,5-8,10H2,(H2,17,21). The lowest BCUT2D eigenvalue weighted by Gasteiger charge is -2.19. The molecule has 0 radical (unpaired) electrons. The van der Waals surface area contributed by atoms with E-state index in [2.05, 4.69) is 4.90 Å². The molecule has 1 aromatic heterocycles. The first-order chi connectivity index (χ1) is 10.2. The molecular formula is C16H19N3OS. The number of benzene rings is 1. The SMILES string of the molecule is NC(=S)c1cc(N2CCC(CCO)C2)nc2ccccc12. The monoisotopic (exact) mass is 301 g/mol. The second kappa shape index (κ2) is 5.95.